The first-order chi connectivity index (χ1) is 7.13. The Labute approximate surface area is 86.3 Å². The van der Waals surface area contributed by atoms with Crippen LogP contribution in [0.1, 0.15) is 15.9 Å². The molecular weight excluding hydrogens is 200 g/mol. The lowest BCUT2D eigenvalue weighted by molar-refractivity contribution is 0.0891. The molecule has 1 rings (SSSR count). The van der Waals surface area contributed by atoms with Gasteiger partial charge in [0, 0.05) is 11.1 Å². The van der Waals surface area contributed by atoms with Crippen molar-refractivity contribution < 1.29 is 13.6 Å². The largest absolute Gasteiger partial charge is 0.346 e. The van der Waals surface area contributed by atoms with Gasteiger partial charge >= 0.3 is 0 Å². The van der Waals surface area contributed by atoms with Crippen LogP contribution in [0.25, 0.3) is 0 Å². The van der Waals surface area contributed by atoms with E-state index in [1.165, 1.54) is 12.1 Å². The lowest BCUT2D eigenvalue weighted by Gasteiger charge is -2.04. The van der Waals surface area contributed by atoms with E-state index in [1.807, 2.05) is 0 Å². The van der Waals surface area contributed by atoms with Crippen LogP contribution in [0.2, 0.25) is 0 Å². The summed E-state index contributed by atoms with van der Waals surface area (Å²) in [6.07, 6.45) is 2.59. The highest BCUT2D eigenvalue weighted by Gasteiger charge is 2.08. The van der Waals surface area contributed by atoms with Gasteiger partial charge in [-0.05, 0) is 18.2 Å². The predicted octanol–water partition coefficient (Wildman–Crippen LogP) is 1.66. The molecule has 1 aromatic carbocycles. The third-order valence-electron chi connectivity index (χ3n) is 1.71. The van der Waals surface area contributed by atoms with Crippen molar-refractivity contribution in [2.75, 3.05) is 6.54 Å². The highest BCUT2D eigenvalue weighted by atomic mass is 19.3. The van der Waals surface area contributed by atoms with Gasteiger partial charge < -0.3 is 5.32 Å². The number of carbonyl (C=O) groups is 1. The lowest BCUT2D eigenvalue weighted by Crippen LogP contribution is -2.28. The average Bonchev–Trinajstić information content (AvgIpc) is 2.26. The number of benzene rings is 1. The molecule has 0 aromatic heterocycles. The highest BCUT2D eigenvalue weighted by molar-refractivity contribution is 5.94. The van der Waals surface area contributed by atoms with E-state index in [2.05, 4.69) is 11.2 Å². The molecule has 0 bridgehead atoms. The second-order valence-corrected chi connectivity index (χ2v) is 2.83. The maximum atomic E-state index is 11.8. The standard InChI is InChI=1S/C11H9F2NO/c1-2-8-4-3-5-9(6-8)11(15)14-7-10(12)13/h1,3-6,10H,7H2,(H,14,15). The molecule has 15 heavy (non-hydrogen) atoms. The van der Waals surface area contributed by atoms with Crippen LogP contribution in [0.3, 0.4) is 0 Å². The minimum absolute atomic E-state index is 0.283. The molecule has 1 aromatic rings. The van der Waals surface area contributed by atoms with Gasteiger partial charge in [-0.1, -0.05) is 12.0 Å². The minimum Gasteiger partial charge on any atom is -0.346 e. The summed E-state index contributed by atoms with van der Waals surface area (Å²) in [6.45, 7) is -0.654. The second-order valence-electron chi connectivity index (χ2n) is 2.83. The van der Waals surface area contributed by atoms with Crippen LogP contribution < -0.4 is 5.32 Å². The Balaban J connectivity index is 2.70. The molecule has 0 radical (unpaired) electrons. The van der Waals surface area contributed by atoms with Crippen LogP contribution in [0.15, 0.2) is 24.3 Å². The Morgan fingerprint density at radius 1 is 1.53 bits per heavy atom. The van der Waals surface area contributed by atoms with Gasteiger partial charge in [0.05, 0.1) is 6.54 Å². The predicted molar refractivity (Wildman–Crippen MR) is 52.7 cm³/mol. The molecular formula is C11H9F2NO. The number of carbonyl (C=O) groups excluding carboxylic acids is 1. The van der Waals surface area contributed by atoms with Gasteiger partial charge in [-0.2, -0.15) is 0 Å². The summed E-state index contributed by atoms with van der Waals surface area (Å²) in [7, 11) is 0. The molecule has 0 unspecified atom stereocenters. The zero-order valence-electron chi connectivity index (χ0n) is 7.84. The van der Waals surface area contributed by atoms with Gasteiger partial charge in [0.15, 0.2) is 0 Å². The molecule has 0 fully saturated rings. The fourth-order valence-corrected chi connectivity index (χ4v) is 1.02. The molecule has 2 nitrogen and oxygen atoms in total. The first-order valence-electron chi connectivity index (χ1n) is 4.26. The number of terminal acetylenes is 1. The van der Waals surface area contributed by atoms with Gasteiger partial charge in [0.2, 0.25) is 0 Å². The molecule has 0 spiro atoms. The van der Waals surface area contributed by atoms with Gasteiger partial charge in [0.25, 0.3) is 12.3 Å². The maximum absolute atomic E-state index is 11.8. The molecule has 0 saturated heterocycles. The van der Waals surface area contributed by atoms with Gasteiger partial charge in [-0.25, -0.2) is 8.78 Å². The van der Waals surface area contributed by atoms with Crippen molar-refractivity contribution in [3.8, 4) is 12.3 Å². The van der Waals surface area contributed by atoms with E-state index in [-0.39, 0.29) is 5.56 Å². The molecule has 1 N–H and O–H groups in total. The number of nitrogens with one attached hydrogen (secondary N) is 1. The lowest BCUT2D eigenvalue weighted by atomic mass is 10.1. The monoisotopic (exact) mass is 209 g/mol. The Hall–Kier alpha value is -1.89. The molecule has 0 heterocycles. The minimum atomic E-state index is -2.55. The number of hydrogen-bond acceptors (Lipinski definition) is 1. The smallest absolute Gasteiger partial charge is 0.255 e. The van der Waals surface area contributed by atoms with E-state index in [1.54, 1.807) is 12.1 Å². The summed E-state index contributed by atoms with van der Waals surface area (Å²) in [5, 5.41) is 2.09. The van der Waals surface area contributed by atoms with Crippen molar-refractivity contribution in [1.29, 1.82) is 0 Å². The second kappa shape index (κ2) is 5.11. The van der Waals surface area contributed by atoms with E-state index >= 15 is 0 Å². The Morgan fingerprint density at radius 3 is 2.87 bits per heavy atom. The summed E-state index contributed by atoms with van der Waals surface area (Å²) in [4.78, 5) is 11.3. The van der Waals surface area contributed by atoms with Crippen LogP contribution in [-0.4, -0.2) is 18.9 Å². The van der Waals surface area contributed by atoms with E-state index in [0.29, 0.717) is 5.56 Å². The summed E-state index contributed by atoms with van der Waals surface area (Å²) in [6, 6.07) is 6.25. The Kier molecular flexibility index (Phi) is 3.81. The van der Waals surface area contributed by atoms with Crippen molar-refractivity contribution in [2.45, 2.75) is 6.43 Å². The van der Waals surface area contributed by atoms with Gasteiger partial charge in [0.1, 0.15) is 0 Å². The molecule has 0 aliphatic rings. The average molecular weight is 209 g/mol. The molecule has 0 aliphatic carbocycles. The number of rotatable bonds is 3. The van der Waals surface area contributed by atoms with Crippen LogP contribution in [0, 0.1) is 12.3 Å². The third kappa shape index (κ3) is 3.39. The van der Waals surface area contributed by atoms with Gasteiger partial charge in [-0.15, -0.1) is 6.42 Å². The van der Waals surface area contributed by atoms with Crippen LogP contribution in [0.5, 0.6) is 0 Å². The Morgan fingerprint density at radius 2 is 2.27 bits per heavy atom. The van der Waals surface area contributed by atoms with E-state index in [4.69, 9.17) is 6.42 Å². The SMILES string of the molecule is C#Cc1cccc(C(=O)NCC(F)F)c1. The third-order valence-corrected chi connectivity index (χ3v) is 1.71. The van der Waals surface area contributed by atoms with Crippen LogP contribution in [-0.2, 0) is 0 Å². The first-order valence-corrected chi connectivity index (χ1v) is 4.26. The summed E-state index contributed by atoms with van der Waals surface area (Å²) in [5.41, 5.74) is 0.825. The quantitative estimate of drug-likeness (QED) is 0.754. The Bertz CT molecular complexity index is 396. The normalized spacial score (nSPS) is 9.73. The number of hydrogen-bond donors (Lipinski definition) is 1. The van der Waals surface area contributed by atoms with Crippen LogP contribution in [0.4, 0.5) is 8.78 Å². The molecule has 4 heteroatoms. The zero-order chi connectivity index (χ0) is 11.3. The zero-order valence-corrected chi connectivity index (χ0v) is 7.84. The fraction of sp³-hybridized carbons (Fsp3) is 0.182. The molecule has 0 aliphatic heterocycles. The van der Waals surface area contributed by atoms with Crippen molar-refractivity contribution in [2.24, 2.45) is 0 Å². The fourth-order valence-electron chi connectivity index (χ4n) is 1.02. The molecule has 78 valence electrons. The van der Waals surface area contributed by atoms with E-state index in [9.17, 15) is 13.6 Å². The van der Waals surface area contributed by atoms with E-state index in [0.717, 1.165) is 0 Å². The van der Waals surface area contributed by atoms with Crippen molar-refractivity contribution in [3.63, 3.8) is 0 Å². The van der Waals surface area contributed by atoms with Crippen molar-refractivity contribution >= 4 is 5.91 Å². The summed E-state index contributed by atoms with van der Waals surface area (Å²) in [5.74, 6) is 1.81. The molecule has 0 saturated carbocycles. The number of halogens is 2. The van der Waals surface area contributed by atoms with Crippen molar-refractivity contribution in [1.82, 2.24) is 5.32 Å². The van der Waals surface area contributed by atoms with Crippen LogP contribution >= 0.6 is 0 Å². The summed E-state index contributed by atoms with van der Waals surface area (Å²) >= 11 is 0. The van der Waals surface area contributed by atoms with E-state index < -0.39 is 18.9 Å². The number of amides is 1. The topological polar surface area (TPSA) is 29.1 Å². The summed E-state index contributed by atoms with van der Waals surface area (Å²) < 4.78 is 23.6. The highest BCUT2D eigenvalue weighted by Crippen LogP contribution is 2.04. The molecule has 0 atom stereocenters. The first kappa shape index (κ1) is 11.2. The number of alkyl halides is 2. The van der Waals surface area contributed by atoms with Crippen molar-refractivity contribution in [3.05, 3.63) is 35.4 Å². The maximum Gasteiger partial charge on any atom is 0.255 e. The van der Waals surface area contributed by atoms with Gasteiger partial charge in [-0.3, -0.25) is 4.79 Å². The molecule has 1 amide bonds.